The molecule has 3 rings (SSSR count). The lowest BCUT2D eigenvalue weighted by Gasteiger charge is -2.15. The number of furan rings is 1. The third kappa shape index (κ3) is 3.73. The Bertz CT molecular complexity index is 866. The van der Waals surface area contributed by atoms with Gasteiger partial charge in [0, 0.05) is 6.04 Å². The molecule has 1 amide bonds. The Morgan fingerprint density at radius 2 is 2.08 bits per heavy atom. The maximum atomic E-state index is 12.8. The molecule has 6 heteroatoms. The molecule has 3 aromatic rings. The lowest BCUT2D eigenvalue weighted by atomic mass is 10.0. The molecule has 0 aromatic carbocycles. The molecular weight excluding hydrogens is 318 g/mol. The van der Waals surface area contributed by atoms with Crippen molar-refractivity contribution in [2.75, 3.05) is 0 Å². The first kappa shape index (κ1) is 17.2. The van der Waals surface area contributed by atoms with Gasteiger partial charge in [0.1, 0.15) is 5.69 Å². The van der Waals surface area contributed by atoms with Gasteiger partial charge in [0.05, 0.1) is 22.9 Å². The smallest absolute Gasteiger partial charge is 0.259 e. The average Bonchev–Trinajstić information content (AvgIpc) is 3.22. The van der Waals surface area contributed by atoms with Crippen LogP contribution in [-0.2, 0) is 0 Å². The second kappa shape index (κ2) is 7.09. The van der Waals surface area contributed by atoms with Crippen LogP contribution in [0.3, 0.4) is 0 Å². The highest BCUT2D eigenvalue weighted by Crippen LogP contribution is 2.27. The van der Waals surface area contributed by atoms with Crippen LogP contribution in [0.1, 0.15) is 49.7 Å². The van der Waals surface area contributed by atoms with Gasteiger partial charge in [-0.2, -0.15) is 0 Å². The number of hydrogen-bond donors (Lipinski definition) is 1. The highest BCUT2D eigenvalue weighted by molar-refractivity contribution is 6.06. The normalized spacial score (nSPS) is 12.7. The van der Waals surface area contributed by atoms with Gasteiger partial charge in [0.2, 0.25) is 0 Å². The molecule has 132 valence electrons. The van der Waals surface area contributed by atoms with Crippen LogP contribution in [-0.4, -0.2) is 22.1 Å². The van der Waals surface area contributed by atoms with Crippen LogP contribution in [0, 0.1) is 12.8 Å². The van der Waals surface area contributed by atoms with E-state index in [0.29, 0.717) is 39.7 Å². The standard InChI is InChI=1S/C19H23N3O3/c1-11(2)7-8-12(3)20-18(23)14-10-15(16-6-5-9-24-16)21-19-17(14)13(4)22-25-19/h5-6,9-12H,7-8H2,1-4H3,(H,20,23). The number of fused-ring (bicyclic) bond motifs is 1. The molecule has 3 heterocycles. The Morgan fingerprint density at radius 1 is 1.28 bits per heavy atom. The third-order valence-corrected chi connectivity index (χ3v) is 4.19. The van der Waals surface area contributed by atoms with Crippen molar-refractivity contribution < 1.29 is 13.7 Å². The molecule has 0 fully saturated rings. The van der Waals surface area contributed by atoms with Gasteiger partial charge in [-0.15, -0.1) is 0 Å². The van der Waals surface area contributed by atoms with Gasteiger partial charge in [-0.05, 0) is 50.8 Å². The summed E-state index contributed by atoms with van der Waals surface area (Å²) in [7, 11) is 0. The van der Waals surface area contributed by atoms with Crippen molar-refractivity contribution in [3.8, 4) is 11.5 Å². The molecule has 0 saturated carbocycles. The van der Waals surface area contributed by atoms with Gasteiger partial charge < -0.3 is 14.3 Å². The van der Waals surface area contributed by atoms with Gasteiger partial charge in [-0.1, -0.05) is 19.0 Å². The van der Waals surface area contributed by atoms with Gasteiger partial charge in [0.15, 0.2) is 5.76 Å². The lowest BCUT2D eigenvalue weighted by Crippen LogP contribution is -2.33. The van der Waals surface area contributed by atoms with Crippen LogP contribution in [0.25, 0.3) is 22.6 Å². The molecule has 0 spiro atoms. The van der Waals surface area contributed by atoms with E-state index in [2.05, 4.69) is 29.3 Å². The van der Waals surface area contributed by atoms with Crippen molar-refractivity contribution in [2.24, 2.45) is 5.92 Å². The lowest BCUT2D eigenvalue weighted by molar-refractivity contribution is 0.0938. The Hall–Kier alpha value is -2.63. The fourth-order valence-electron chi connectivity index (χ4n) is 2.78. The molecule has 1 atom stereocenters. The van der Waals surface area contributed by atoms with E-state index in [-0.39, 0.29) is 11.9 Å². The quantitative estimate of drug-likeness (QED) is 0.721. The van der Waals surface area contributed by atoms with Crippen molar-refractivity contribution in [2.45, 2.75) is 46.6 Å². The summed E-state index contributed by atoms with van der Waals surface area (Å²) >= 11 is 0. The maximum absolute atomic E-state index is 12.8. The van der Waals surface area contributed by atoms with Gasteiger partial charge in [0.25, 0.3) is 11.6 Å². The van der Waals surface area contributed by atoms with E-state index in [1.165, 1.54) is 0 Å². The largest absolute Gasteiger partial charge is 0.463 e. The van der Waals surface area contributed by atoms with E-state index in [1.807, 2.05) is 6.92 Å². The zero-order valence-electron chi connectivity index (χ0n) is 15.0. The Kier molecular flexibility index (Phi) is 4.88. The minimum absolute atomic E-state index is 0.0883. The number of rotatable bonds is 6. The van der Waals surface area contributed by atoms with Crippen molar-refractivity contribution in [1.29, 1.82) is 0 Å². The fourth-order valence-corrected chi connectivity index (χ4v) is 2.78. The first-order chi connectivity index (χ1) is 12.0. The maximum Gasteiger partial charge on any atom is 0.259 e. The SMILES string of the molecule is Cc1noc2nc(-c3ccco3)cc(C(=O)NC(C)CCC(C)C)c12. The minimum atomic E-state index is -0.150. The zero-order chi connectivity index (χ0) is 18.0. The van der Waals surface area contributed by atoms with Crippen LogP contribution in [0.4, 0.5) is 0 Å². The molecule has 0 aliphatic rings. The van der Waals surface area contributed by atoms with Crippen LogP contribution >= 0.6 is 0 Å². The molecule has 0 radical (unpaired) electrons. The molecule has 3 aromatic heterocycles. The minimum Gasteiger partial charge on any atom is -0.463 e. The monoisotopic (exact) mass is 341 g/mol. The van der Waals surface area contributed by atoms with Gasteiger partial charge in [-0.25, -0.2) is 4.98 Å². The van der Waals surface area contributed by atoms with Gasteiger partial charge >= 0.3 is 0 Å². The third-order valence-electron chi connectivity index (χ3n) is 4.19. The number of amides is 1. The van der Waals surface area contributed by atoms with E-state index in [0.717, 1.165) is 12.8 Å². The number of aromatic nitrogens is 2. The van der Waals surface area contributed by atoms with Crippen molar-refractivity contribution in [1.82, 2.24) is 15.5 Å². The second-order valence-corrected chi connectivity index (χ2v) is 6.83. The van der Waals surface area contributed by atoms with Crippen LogP contribution in [0.5, 0.6) is 0 Å². The molecule has 6 nitrogen and oxygen atoms in total. The summed E-state index contributed by atoms with van der Waals surface area (Å²) in [5, 5.41) is 7.66. The number of pyridine rings is 1. The molecule has 25 heavy (non-hydrogen) atoms. The van der Waals surface area contributed by atoms with E-state index < -0.39 is 0 Å². The van der Waals surface area contributed by atoms with Crippen molar-refractivity contribution in [3.05, 3.63) is 35.7 Å². The second-order valence-electron chi connectivity index (χ2n) is 6.83. The van der Waals surface area contributed by atoms with Crippen molar-refractivity contribution in [3.63, 3.8) is 0 Å². The number of aryl methyl sites for hydroxylation is 1. The van der Waals surface area contributed by atoms with E-state index in [1.54, 1.807) is 31.4 Å². The summed E-state index contributed by atoms with van der Waals surface area (Å²) in [4.78, 5) is 17.3. The topological polar surface area (TPSA) is 81.2 Å². The predicted molar refractivity (Wildman–Crippen MR) is 95.2 cm³/mol. The molecule has 0 aliphatic carbocycles. The number of carbonyl (C=O) groups excluding carboxylic acids is 1. The first-order valence-electron chi connectivity index (χ1n) is 8.57. The number of carbonyl (C=O) groups is 1. The zero-order valence-corrected chi connectivity index (χ0v) is 15.0. The highest BCUT2D eigenvalue weighted by atomic mass is 16.5. The average molecular weight is 341 g/mol. The molecule has 0 saturated heterocycles. The predicted octanol–water partition coefficient (Wildman–Crippen LogP) is 4.35. The summed E-state index contributed by atoms with van der Waals surface area (Å²) in [6.07, 6.45) is 3.57. The van der Waals surface area contributed by atoms with Crippen LogP contribution < -0.4 is 5.32 Å². The Morgan fingerprint density at radius 3 is 2.76 bits per heavy atom. The molecule has 0 bridgehead atoms. The Balaban J connectivity index is 1.93. The van der Waals surface area contributed by atoms with Crippen molar-refractivity contribution >= 4 is 17.0 Å². The summed E-state index contributed by atoms with van der Waals surface area (Å²) < 4.78 is 10.7. The summed E-state index contributed by atoms with van der Waals surface area (Å²) in [5.41, 5.74) is 2.04. The molecule has 1 N–H and O–H groups in total. The molecule has 1 unspecified atom stereocenters. The Labute approximate surface area is 146 Å². The van der Waals surface area contributed by atoms with Gasteiger partial charge in [-0.3, -0.25) is 4.79 Å². The summed E-state index contributed by atoms with van der Waals surface area (Å²) in [5.74, 6) is 1.04. The number of nitrogens with one attached hydrogen (secondary N) is 1. The van der Waals surface area contributed by atoms with E-state index >= 15 is 0 Å². The summed E-state index contributed by atoms with van der Waals surface area (Å²) in [6, 6.07) is 5.39. The van der Waals surface area contributed by atoms with E-state index in [9.17, 15) is 4.79 Å². The fraction of sp³-hybridized carbons (Fsp3) is 0.421. The number of nitrogens with zero attached hydrogens (tertiary/aromatic N) is 2. The van der Waals surface area contributed by atoms with Crippen LogP contribution in [0.2, 0.25) is 0 Å². The molecule has 0 aliphatic heterocycles. The summed E-state index contributed by atoms with van der Waals surface area (Å²) in [6.45, 7) is 8.18. The first-order valence-corrected chi connectivity index (χ1v) is 8.57. The molecular formula is C19H23N3O3. The van der Waals surface area contributed by atoms with Crippen LogP contribution in [0.15, 0.2) is 33.4 Å². The van der Waals surface area contributed by atoms with E-state index in [4.69, 9.17) is 8.94 Å². The highest BCUT2D eigenvalue weighted by Gasteiger charge is 2.21. The number of hydrogen-bond acceptors (Lipinski definition) is 5.